The Hall–Kier alpha value is -1.92. The van der Waals surface area contributed by atoms with E-state index in [9.17, 15) is 18.7 Å². The van der Waals surface area contributed by atoms with Crippen LogP contribution in [0, 0.1) is 0 Å². The Bertz CT molecular complexity index is 437. The van der Waals surface area contributed by atoms with Gasteiger partial charge in [0.25, 0.3) is 6.43 Å². The minimum absolute atomic E-state index is 0.187. The van der Waals surface area contributed by atoms with E-state index >= 15 is 0 Å². The number of aromatic hydroxyl groups is 1. The number of carbonyl (C=O) groups is 1. The number of alkyl halides is 2. The van der Waals surface area contributed by atoms with Gasteiger partial charge in [-0.25, -0.2) is 8.78 Å². The lowest BCUT2D eigenvalue weighted by atomic mass is 10.1. The van der Waals surface area contributed by atoms with Crippen molar-refractivity contribution >= 4 is 5.97 Å². The summed E-state index contributed by atoms with van der Waals surface area (Å²) in [7, 11) is 1.21. The smallest absolute Gasteiger partial charge is 0.310 e. The number of hydrogen-bond acceptors (Lipinski definition) is 5. The third kappa shape index (κ3) is 3.06. The molecule has 1 aromatic heterocycles. The molecule has 0 aromatic carbocycles. The molecule has 1 heterocycles. The summed E-state index contributed by atoms with van der Waals surface area (Å²) in [6, 6.07) is 0. The summed E-state index contributed by atoms with van der Waals surface area (Å²) in [6.45, 7) is 1.85. The van der Waals surface area contributed by atoms with Gasteiger partial charge in [-0.2, -0.15) is 0 Å². The molecule has 0 radical (unpaired) electrons. The van der Waals surface area contributed by atoms with Crippen molar-refractivity contribution in [1.82, 2.24) is 4.98 Å². The van der Waals surface area contributed by atoms with Crippen LogP contribution in [0.4, 0.5) is 8.78 Å². The Morgan fingerprint density at radius 3 is 2.72 bits per heavy atom. The van der Waals surface area contributed by atoms with Gasteiger partial charge in [0.2, 0.25) is 0 Å². The highest BCUT2D eigenvalue weighted by molar-refractivity contribution is 5.74. The van der Waals surface area contributed by atoms with Crippen molar-refractivity contribution in [1.29, 1.82) is 0 Å². The summed E-state index contributed by atoms with van der Waals surface area (Å²) in [4.78, 5) is 14.7. The molecule has 1 aromatic rings. The zero-order valence-electron chi connectivity index (χ0n) is 9.94. The number of halogens is 2. The fraction of sp³-hybridized carbons (Fsp3) is 0.455. The van der Waals surface area contributed by atoms with Crippen LogP contribution < -0.4 is 4.74 Å². The Morgan fingerprint density at radius 1 is 1.56 bits per heavy atom. The number of ether oxygens (including phenoxy) is 2. The molecule has 0 saturated heterocycles. The highest BCUT2D eigenvalue weighted by Crippen LogP contribution is 2.37. The standard InChI is InChI=1S/C11H13F2NO4/c1-3-18-7(15)4-6-5-14-8(11(12)13)9(16)10(6)17-2/h5,11,16H,3-4H2,1-2H3. The Labute approximate surface area is 102 Å². The van der Waals surface area contributed by atoms with E-state index in [0.717, 1.165) is 6.20 Å². The van der Waals surface area contributed by atoms with Gasteiger partial charge in [-0.3, -0.25) is 9.78 Å². The lowest BCUT2D eigenvalue weighted by Gasteiger charge is -2.12. The van der Waals surface area contributed by atoms with Crippen LogP contribution in [0.25, 0.3) is 0 Å². The lowest BCUT2D eigenvalue weighted by Crippen LogP contribution is -2.09. The molecule has 1 rings (SSSR count). The number of pyridine rings is 1. The van der Waals surface area contributed by atoms with E-state index in [2.05, 4.69) is 4.98 Å². The number of rotatable bonds is 5. The van der Waals surface area contributed by atoms with Crippen LogP contribution in [0.1, 0.15) is 24.6 Å². The van der Waals surface area contributed by atoms with E-state index in [1.807, 2.05) is 0 Å². The topological polar surface area (TPSA) is 68.7 Å². The van der Waals surface area contributed by atoms with E-state index in [-0.39, 0.29) is 24.3 Å². The van der Waals surface area contributed by atoms with Crippen LogP contribution in [0.3, 0.4) is 0 Å². The van der Waals surface area contributed by atoms with Gasteiger partial charge in [0.05, 0.1) is 20.1 Å². The Balaban J connectivity index is 3.07. The monoisotopic (exact) mass is 261 g/mol. The second kappa shape index (κ2) is 6.13. The third-order valence-electron chi connectivity index (χ3n) is 2.16. The van der Waals surface area contributed by atoms with Crippen molar-refractivity contribution in [3.63, 3.8) is 0 Å². The molecule has 0 aliphatic carbocycles. The van der Waals surface area contributed by atoms with Gasteiger partial charge in [0, 0.05) is 11.8 Å². The van der Waals surface area contributed by atoms with Crippen molar-refractivity contribution in [2.75, 3.05) is 13.7 Å². The molecule has 18 heavy (non-hydrogen) atoms. The number of methoxy groups -OCH3 is 1. The summed E-state index contributed by atoms with van der Waals surface area (Å²) in [5, 5.41) is 9.56. The van der Waals surface area contributed by atoms with Gasteiger partial charge in [-0.1, -0.05) is 0 Å². The largest absolute Gasteiger partial charge is 0.503 e. The fourth-order valence-electron chi connectivity index (χ4n) is 1.42. The average molecular weight is 261 g/mol. The first-order valence-corrected chi connectivity index (χ1v) is 5.19. The summed E-state index contributed by atoms with van der Waals surface area (Å²) >= 11 is 0. The van der Waals surface area contributed by atoms with E-state index in [0.29, 0.717) is 0 Å². The minimum Gasteiger partial charge on any atom is -0.503 e. The van der Waals surface area contributed by atoms with Crippen LogP contribution in [0.5, 0.6) is 11.5 Å². The van der Waals surface area contributed by atoms with Gasteiger partial charge in [0.1, 0.15) is 0 Å². The molecule has 0 aliphatic heterocycles. The molecule has 0 saturated carbocycles. The van der Waals surface area contributed by atoms with Crippen molar-refractivity contribution < 1.29 is 28.2 Å². The maximum Gasteiger partial charge on any atom is 0.310 e. The first kappa shape index (κ1) is 14.1. The Morgan fingerprint density at radius 2 is 2.22 bits per heavy atom. The molecular weight excluding hydrogens is 248 g/mol. The highest BCUT2D eigenvalue weighted by atomic mass is 19.3. The van der Waals surface area contributed by atoms with Crippen molar-refractivity contribution in [2.24, 2.45) is 0 Å². The van der Waals surface area contributed by atoms with Crippen molar-refractivity contribution in [3.8, 4) is 11.5 Å². The number of esters is 1. The highest BCUT2D eigenvalue weighted by Gasteiger charge is 2.22. The maximum absolute atomic E-state index is 12.5. The van der Waals surface area contributed by atoms with Crippen LogP contribution >= 0.6 is 0 Å². The zero-order valence-corrected chi connectivity index (χ0v) is 9.94. The maximum atomic E-state index is 12.5. The average Bonchev–Trinajstić information content (AvgIpc) is 2.29. The number of hydrogen-bond donors (Lipinski definition) is 1. The van der Waals surface area contributed by atoms with Crippen LogP contribution in [0.2, 0.25) is 0 Å². The molecule has 1 N–H and O–H groups in total. The number of carbonyl (C=O) groups excluding carboxylic acids is 1. The summed E-state index contributed by atoms with van der Waals surface area (Å²) in [6.07, 6.45) is -2.06. The molecule has 7 heteroatoms. The van der Waals surface area contributed by atoms with Gasteiger partial charge in [0.15, 0.2) is 17.2 Å². The molecule has 100 valence electrons. The van der Waals surface area contributed by atoms with Gasteiger partial charge < -0.3 is 14.6 Å². The molecule has 0 spiro atoms. The predicted molar refractivity (Wildman–Crippen MR) is 57.7 cm³/mol. The Kier molecular flexibility index (Phi) is 4.82. The van der Waals surface area contributed by atoms with Gasteiger partial charge in [-0.15, -0.1) is 0 Å². The third-order valence-corrected chi connectivity index (χ3v) is 2.16. The van der Waals surface area contributed by atoms with E-state index in [4.69, 9.17) is 9.47 Å². The minimum atomic E-state index is -2.92. The summed E-state index contributed by atoms with van der Waals surface area (Å²) in [5.41, 5.74) is -0.586. The van der Waals surface area contributed by atoms with Gasteiger partial charge >= 0.3 is 5.97 Å². The van der Waals surface area contributed by atoms with Crippen molar-refractivity contribution in [2.45, 2.75) is 19.8 Å². The molecule has 0 aliphatic rings. The molecule has 5 nitrogen and oxygen atoms in total. The first-order chi connectivity index (χ1) is 8.51. The summed E-state index contributed by atoms with van der Waals surface area (Å²) < 4.78 is 34.5. The SMILES string of the molecule is CCOC(=O)Cc1cnc(C(F)F)c(O)c1OC. The van der Waals surface area contributed by atoms with E-state index in [1.54, 1.807) is 6.92 Å². The summed E-state index contributed by atoms with van der Waals surface area (Å²) in [5.74, 6) is -1.50. The molecule has 0 fully saturated rings. The van der Waals surface area contributed by atoms with Gasteiger partial charge in [-0.05, 0) is 6.92 Å². The zero-order chi connectivity index (χ0) is 13.7. The van der Waals surface area contributed by atoms with Crippen molar-refractivity contribution in [3.05, 3.63) is 17.5 Å². The predicted octanol–water partition coefficient (Wildman–Crippen LogP) is 1.84. The number of nitrogens with zero attached hydrogens (tertiary/aromatic N) is 1. The molecule has 0 amide bonds. The molecule has 0 unspecified atom stereocenters. The van der Waals surface area contributed by atoms with Crippen LogP contribution in [-0.4, -0.2) is 29.8 Å². The second-order valence-corrected chi connectivity index (χ2v) is 3.33. The quantitative estimate of drug-likeness (QED) is 0.819. The molecule has 0 atom stereocenters. The van der Waals surface area contributed by atoms with E-state index < -0.39 is 23.8 Å². The van der Waals surface area contributed by atoms with Crippen LogP contribution in [-0.2, 0) is 16.0 Å². The normalized spacial score (nSPS) is 10.5. The fourth-order valence-corrected chi connectivity index (χ4v) is 1.42. The number of aromatic nitrogens is 1. The molecule has 0 bridgehead atoms. The first-order valence-electron chi connectivity index (χ1n) is 5.19. The second-order valence-electron chi connectivity index (χ2n) is 3.33. The lowest BCUT2D eigenvalue weighted by molar-refractivity contribution is -0.142. The molecular formula is C11H13F2NO4. The van der Waals surface area contributed by atoms with E-state index in [1.165, 1.54) is 7.11 Å². The van der Waals surface area contributed by atoms with Crippen LogP contribution in [0.15, 0.2) is 6.20 Å².